The van der Waals surface area contributed by atoms with Gasteiger partial charge < -0.3 is 15.5 Å². The van der Waals surface area contributed by atoms with Crippen LogP contribution in [0.15, 0.2) is 96.2 Å². The summed E-state index contributed by atoms with van der Waals surface area (Å²) in [6, 6.07) is 20.9. The Bertz CT molecular complexity index is 1740. The zero-order valence-electron chi connectivity index (χ0n) is 20.3. The summed E-state index contributed by atoms with van der Waals surface area (Å²) >= 11 is 6.26. The number of aromatic nitrogens is 3. The molecule has 0 aliphatic carbocycles. The van der Waals surface area contributed by atoms with Gasteiger partial charge in [0.25, 0.3) is 10.0 Å². The zero-order valence-corrected chi connectivity index (χ0v) is 21.9. The topological polar surface area (TPSA) is 149 Å². The molecule has 0 aliphatic heterocycles. The fraction of sp³-hybridized carbons (Fsp3) is 0.0741. The lowest BCUT2D eigenvalue weighted by Gasteiger charge is -2.16. The van der Waals surface area contributed by atoms with Crippen LogP contribution in [0, 0.1) is 0 Å². The van der Waals surface area contributed by atoms with Crippen molar-refractivity contribution in [2.75, 3.05) is 10.0 Å². The minimum atomic E-state index is -4.16. The number of phenolic OH excluding ortho intramolecular Hbond substituents is 1. The maximum Gasteiger partial charge on any atom is 0.263 e. The number of hydrogen-bond donors (Lipinski definition) is 5. The number of phenols is 1. The number of rotatable bonds is 9. The molecule has 12 heteroatoms. The van der Waals surface area contributed by atoms with Crippen molar-refractivity contribution in [3.8, 4) is 5.75 Å². The molecule has 1 atom stereocenters. The first-order valence-electron chi connectivity index (χ1n) is 11.7. The van der Waals surface area contributed by atoms with Crippen LogP contribution in [0.3, 0.4) is 0 Å². The van der Waals surface area contributed by atoms with Crippen LogP contribution in [-0.4, -0.2) is 33.6 Å². The first kappa shape index (κ1) is 26.3. The van der Waals surface area contributed by atoms with E-state index in [1.54, 1.807) is 48.8 Å². The zero-order chi connectivity index (χ0) is 27.4. The van der Waals surface area contributed by atoms with Crippen molar-refractivity contribution < 1.29 is 18.6 Å². The summed E-state index contributed by atoms with van der Waals surface area (Å²) < 4.78 is 29.4. The van der Waals surface area contributed by atoms with Gasteiger partial charge in [-0.3, -0.25) is 15.0 Å². The molecule has 1 unspecified atom stereocenters. The summed E-state index contributed by atoms with van der Waals surface area (Å²) in [5.41, 5.74) is 2.57. The lowest BCUT2D eigenvalue weighted by molar-refractivity contribution is 0.137. The van der Waals surface area contributed by atoms with E-state index in [2.05, 4.69) is 30.3 Å². The van der Waals surface area contributed by atoms with Gasteiger partial charge in [0.15, 0.2) is 11.6 Å². The number of aliphatic hydroxyl groups is 1. The molecule has 0 amide bonds. The summed E-state index contributed by atoms with van der Waals surface area (Å²) in [6.45, 7) is 0.359. The van der Waals surface area contributed by atoms with E-state index in [1.807, 2.05) is 12.1 Å². The van der Waals surface area contributed by atoms with E-state index in [-0.39, 0.29) is 27.3 Å². The van der Waals surface area contributed by atoms with E-state index in [0.717, 1.165) is 5.56 Å². The number of anilines is 3. The second-order valence-electron chi connectivity index (χ2n) is 8.52. The second-order valence-corrected chi connectivity index (χ2v) is 10.6. The predicted molar refractivity (Wildman–Crippen MR) is 149 cm³/mol. The van der Waals surface area contributed by atoms with Crippen LogP contribution in [0.25, 0.3) is 11.0 Å². The van der Waals surface area contributed by atoms with E-state index < -0.39 is 16.3 Å². The molecule has 0 saturated carbocycles. The number of para-hydroxylation sites is 2. The molecule has 2 aromatic heterocycles. The Hall–Kier alpha value is -4.29. The first-order valence-corrected chi connectivity index (χ1v) is 13.6. The molecule has 2 heterocycles. The minimum Gasteiger partial charge on any atom is -0.508 e. The summed E-state index contributed by atoms with van der Waals surface area (Å²) in [7, 11) is -4.16. The van der Waals surface area contributed by atoms with Crippen molar-refractivity contribution >= 4 is 50.0 Å². The number of benzene rings is 3. The highest BCUT2D eigenvalue weighted by Crippen LogP contribution is 2.32. The average Bonchev–Trinajstić information content (AvgIpc) is 2.94. The molecular formula is C27H23ClN6O4S. The molecular weight excluding hydrogens is 540 g/mol. The van der Waals surface area contributed by atoms with Crippen LogP contribution < -0.4 is 15.4 Å². The number of aliphatic hydroxyl groups excluding tert-OH is 1. The number of nitrogens with zero attached hydrogens (tertiary/aromatic N) is 3. The van der Waals surface area contributed by atoms with Gasteiger partial charge in [-0.25, -0.2) is 18.4 Å². The van der Waals surface area contributed by atoms with Crippen molar-refractivity contribution in [1.82, 2.24) is 20.3 Å². The third kappa shape index (κ3) is 6.24. The third-order valence-corrected chi connectivity index (χ3v) is 7.40. The molecule has 0 aliphatic rings. The van der Waals surface area contributed by atoms with Crippen molar-refractivity contribution in [1.29, 1.82) is 0 Å². The summed E-state index contributed by atoms with van der Waals surface area (Å²) in [6.07, 6.45) is 2.18. The average molecular weight is 563 g/mol. The van der Waals surface area contributed by atoms with Crippen LogP contribution >= 0.6 is 11.6 Å². The third-order valence-electron chi connectivity index (χ3n) is 5.74. The maximum absolute atomic E-state index is 13.4. The van der Waals surface area contributed by atoms with Gasteiger partial charge in [0.05, 0.1) is 26.6 Å². The number of hydrogen-bond acceptors (Lipinski definition) is 9. The molecule has 0 saturated heterocycles. The van der Waals surface area contributed by atoms with Crippen LogP contribution in [-0.2, 0) is 16.6 Å². The monoisotopic (exact) mass is 562 g/mol. The SMILES string of the molecule is O=S(=O)(Nc1nc2ccccc2nc1Nc1cc(O)ccc1Cl)c1cccc(C(O)NCc2ccncc2)c1. The van der Waals surface area contributed by atoms with Crippen LogP contribution in [0.5, 0.6) is 5.75 Å². The minimum absolute atomic E-state index is 0.0364. The lowest BCUT2D eigenvalue weighted by atomic mass is 10.2. The first-order chi connectivity index (χ1) is 18.8. The predicted octanol–water partition coefficient (Wildman–Crippen LogP) is 4.71. The smallest absolute Gasteiger partial charge is 0.263 e. The van der Waals surface area contributed by atoms with Gasteiger partial charge in [0.2, 0.25) is 0 Å². The standard InChI is InChI=1S/C27H23ClN6O4S/c28-21-9-8-19(35)15-24(21)33-25-26(32-23-7-2-1-6-22(23)31-25)34-39(37,38)20-5-3-4-18(14-20)27(36)30-16-17-10-12-29-13-11-17/h1-15,27,30,35-36H,16H2,(H,31,33)(H,32,34). The quantitative estimate of drug-likeness (QED) is 0.161. The Balaban J connectivity index is 1.44. The van der Waals surface area contributed by atoms with E-state index in [1.165, 1.54) is 30.3 Å². The fourth-order valence-corrected chi connectivity index (χ4v) is 4.99. The largest absolute Gasteiger partial charge is 0.508 e. The maximum atomic E-state index is 13.4. The number of aromatic hydroxyl groups is 1. The summed E-state index contributed by atoms with van der Waals surface area (Å²) in [4.78, 5) is 12.9. The number of pyridine rings is 1. The highest BCUT2D eigenvalue weighted by atomic mass is 35.5. The Morgan fingerprint density at radius 3 is 2.33 bits per heavy atom. The van der Waals surface area contributed by atoms with E-state index in [0.29, 0.717) is 28.8 Å². The highest BCUT2D eigenvalue weighted by Gasteiger charge is 2.21. The van der Waals surface area contributed by atoms with Crippen molar-refractivity contribution in [3.63, 3.8) is 0 Å². The Morgan fingerprint density at radius 1 is 0.872 bits per heavy atom. The number of fused-ring (bicyclic) bond motifs is 1. The van der Waals surface area contributed by atoms with E-state index >= 15 is 0 Å². The Morgan fingerprint density at radius 2 is 1.59 bits per heavy atom. The molecule has 3 aromatic carbocycles. The molecule has 0 bridgehead atoms. The van der Waals surface area contributed by atoms with E-state index in [4.69, 9.17) is 11.6 Å². The highest BCUT2D eigenvalue weighted by molar-refractivity contribution is 7.92. The van der Waals surface area contributed by atoms with Gasteiger partial charge in [0, 0.05) is 25.0 Å². The van der Waals surface area contributed by atoms with Gasteiger partial charge in [-0.1, -0.05) is 35.9 Å². The molecule has 5 aromatic rings. The molecule has 5 N–H and O–H groups in total. The Kier molecular flexibility index (Phi) is 7.57. The van der Waals surface area contributed by atoms with E-state index in [9.17, 15) is 18.6 Å². The van der Waals surface area contributed by atoms with Gasteiger partial charge >= 0.3 is 0 Å². The van der Waals surface area contributed by atoms with Crippen molar-refractivity contribution in [3.05, 3.63) is 107 Å². The molecule has 0 fully saturated rings. The number of halogens is 1. The second kappa shape index (κ2) is 11.2. The molecule has 5 rings (SSSR count). The molecule has 0 spiro atoms. The van der Waals surface area contributed by atoms with Gasteiger partial charge in [-0.05, 0) is 59.7 Å². The normalized spacial score (nSPS) is 12.3. The summed E-state index contributed by atoms with van der Waals surface area (Å²) in [5, 5.41) is 26.7. The van der Waals surface area contributed by atoms with Crippen LogP contribution in [0.4, 0.5) is 17.3 Å². The van der Waals surface area contributed by atoms with Crippen LogP contribution in [0.1, 0.15) is 17.4 Å². The van der Waals surface area contributed by atoms with Gasteiger partial charge in [-0.15, -0.1) is 0 Å². The molecule has 10 nitrogen and oxygen atoms in total. The molecule has 198 valence electrons. The van der Waals surface area contributed by atoms with Gasteiger partial charge in [0.1, 0.15) is 12.0 Å². The Labute approximate surface area is 229 Å². The summed E-state index contributed by atoms with van der Waals surface area (Å²) in [5.74, 6) is -0.0273. The van der Waals surface area contributed by atoms with Crippen molar-refractivity contribution in [2.45, 2.75) is 17.7 Å². The van der Waals surface area contributed by atoms with Crippen molar-refractivity contribution in [2.24, 2.45) is 0 Å². The van der Waals surface area contributed by atoms with Crippen LogP contribution in [0.2, 0.25) is 5.02 Å². The number of nitrogens with one attached hydrogen (secondary N) is 3. The fourth-order valence-electron chi connectivity index (χ4n) is 3.77. The van der Waals surface area contributed by atoms with Gasteiger partial charge in [-0.2, -0.15) is 0 Å². The molecule has 39 heavy (non-hydrogen) atoms. The lowest BCUT2D eigenvalue weighted by Crippen LogP contribution is -2.21. The molecule has 0 radical (unpaired) electrons. The number of sulfonamides is 1.